The zero-order valence-electron chi connectivity index (χ0n) is 14.0. The fourth-order valence-corrected chi connectivity index (χ4v) is 2.80. The molecule has 2 aromatic rings. The van der Waals surface area contributed by atoms with Crippen molar-refractivity contribution < 1.29 is 14.8 Å². The molecule has 0 unspecified atom stereocenters. The number of benzene rings is 1. The van der Waals surface area contributed by atoms with Gasteiger partial charge in [-0.3, -0.25) is 14.8 Å². The molecule has 0 bridgehead atoms. The lowest BCUT2D eigenvalue weighted by Gasteiger charge is -2.29. The average molecular weight is 359 g/mol. The molecule has 0 aliphatic carbocycles. The Labute approximate surface area is 150 Å². The highest BCUT2D eigenvalue weighted by atomic mass is 32.1. The lowest BCUT2D eigenvalue weighted by molar-refractivity contribution is -0.132. The number of rotatable bonds is 6. The van der Waals surface area contributed by atoms with Crippen LogP contribution in [0.1, 0.15) is 34.6 Å². The van der Waals surface area contributed by atoms with E-state index in [0.717, 1.165) is 10.4 Å². The lowest BCUT2D eigenvalue weighted by Crippen LogP contribution is -2.61. The Bertz CT molecular complexity index is 747. The lowest BCUT2D eigenvalue weighted by atomic mass is 9.95. The summed E-state index contributed by atoms with van der Waals surface area (Å²) in [6.07, 6.45) is 3.96. The molecule has 1 atom stereocenters. The largest absolute Gasteiger partial charge is 0.338 e. The molecule has 132 valence electrons. The van der Waals surface area contributed by atoms with E-state index in [1.54, 1.807) is 37.3 Å². The number of hydrogen-bond donors (Lipinski definition) is 4. The molecule has 1 aromatic heterocycles. The number of carbonyl (C=O) groups is 2. The van der Waals surface area contributed by atoms with Crippen molar-refractivity contribution in [2.45, 2.75) is 25.4 Å². The Morgan fingerprint density at radius 1 is 1.20 bits per heavy atom. The van der Waals surface area contributed by atoms with Gasteiger partial charge in [-0.05, 0) is 49.1 Å². The number of hydrogen-bond acceptors (Lipinski definition) is 5. The summed E-state index contributed by atoms with van der Waals surface area (Å²) in [5, 5.41) is 13.4. The highest BCUT2D eigenvalue weighted by molar-refractivity contribution is 7.10. The van der Waals surface area contributed by atoms with Gasteiger partial charge in [-0.2, -0.15) is 0 Å². The summed E-state index contributed by atoms with van der Waals surface area (Å²) >= 11 is 1.64. The van der Waals surface area contributed by atoms with E-state index in [4.69, 9.17) is 10.9 Å². The molecule has 1 heterocycles. The summed E-state index contributed by atoms with van der Waals surface area (Å²) in [5.41, 5.74) is 7.74. The van der Waals surface area contributed by atoms with E-state index in [0.29, 0.717) is 5.56 Å². The van der Waals surface area contributed by atoms with Crippen molar-refractivity contribution in [3.8, 4) is 0 Å². The maximum absolute atomic E-state index is 12.3. The van der Waals surface area contributed by atoms with Crippen LogP contribution < -0.4 is 16.5 Å². The van der Waals surface area contributed by atoms with E-state index in [1.165, 1.54) is 5.48 Å². The molecule has 5 N–H and O–H groups in total. The first kappa shape index (κ1) is 18.9. The van der Waals surface area contributed by atoms with Crippen LogP contribution in [-0.4, -0.2) is 28.6 Å². The van der Waals surface area contributed by atoms with Crippen molar-refractivity contribution >= 4 is 35.3 Å². The third kappa shape index (κ3) is 5.25. The van der Waals surface area contributed by atoms with Crippen molar-refractivity contribution in [1.82, 2.24) is 10.8 Å². The van der Waals surface area contributed by atoms with Crippen molar-refractivity contribution in [3.05, 3.63) is 57.8 Å². The summed E-state index contributed by atoms with van der Waals surface area (Å²) in [4.78, 5) is 25.2. The van der Waals surface area contributed by atoms with Crippen molar-refractivity contribution in [1.29, 1.82) is 0 Å². The SMILES string of the molecule is CC(C)(N)[C@H](NC(=O)c1ccc(/C=C/c2cccs2)cc1)C(=O)NO. The Morgan fingerprint density at radius 2 is 1.88 bits per heavy atom. The zero-order valence-corrected chi connectivity index (χ0v) is 14.8. The minimum Gasteiger partial charge on any atom is -0.338 e. The number of amides is 2. The monoisotopic (exact) mass is 359 g/mol. The molecule has 7 heteroatoms. The van der Waals surface area contributed by atoms with Gasteiger partial charge < -0.3 is 11.1 Å². The number of thiophene rings is 1. The van der Waals surface area contributed by atoms with Gasteiger partial charge in [-0.1, -0.05) is 24.3 Å². The highest BCUT2D eigenvalue weighted by Gasteiger charge is 2.33. The molecule has 0 spiro atoms. The summed E-state index contributed by atoms with van der Waals surface area (Å²) < 4.78 is 0. The second kappa shape index (κ2) is 8.06. The molecule has 0 aliphatic rings. The third-order valence-electron chi connectivity index (χ3n) is 3.55. The van der Waals surface area contributed by atoms with Gasteiger partial charge in [0.25, 0.3) is 11.8 Å². The molecule has 0 radical (unpaired) electrons. The first-order valence-electron chi connectivity index (χ1n) is 7.66. The molecule has 6 nitrogen and oxygen atoms in total. The standard InChI is InChI=1S/C18H21N3O3S/c1-18(2,19)15(17(23)21-24)20-16(22)13-8-5-12(6-9-13)7-10-14-4-3-11-25-14/h3-11,15,24H,19H2,1-2H3,(H,20,22)(H,21,23)/b10-7+/t15-/m1/s1. The van der Waals surface area contributed by atoms with Crippen LogP contribution >= 0.6 is 11.3 Å². The molecular formula is C18H21N3O3S. The van der Waals surface area contributed by atoms with E-state index < -0.39 is 23.4 Å². The number of carbonyl (C=O) groups excluding carboxylic acids is 2. The number of nitrogens with two attached hydrogens (primary N) is 1. The number of hydroxylamine groups is 1. The van der Waals surface area contributed by atoms with Gasteiger partial charge in [0.1, 0.15) is 6.04 Å². The summed E-state index contributed by atoms with van der Waals surface area (Å²) in [6, 6.07) is 9.89. The molecule has 0 saturated heterocycles. The van der Waals surface area contributed by atoms with Gasteiger partial charge in [0, 0.05) is 16.0 Å². The average Bonchev–Trinajstić information content (AvgIpc) is 3.10. The molecule has 2 rings (SSSR count). The Kier molecular flexibility index (Phi) is 6.08. The van der Waals surface area contributed by atoms with Crippen LogP contribution in [0.2, 0.25) is 0 Å². The Hall–Kier alpha value is -2.48. The van der Waals surface area contributed by atoms with Gasteiger partial charge in [-0.15, -0.1) is 11.3 Å². The Balaban J connectivity index is 2.08. The predicted octanol–water partition coefficient (Wildman–Crippen LogP) is 2.26. The van der Waals surface area contributed by atoms with Gasteiger partial charge in [0.2, 0.25) is 0 Å². The fourth-order valence-electron chi connectivity index (χ4n) is 2.18. The van der Waals surface area contributed by atoms with Crippen molar-refractivity contribution in [2.75, 3.05) is 0 Å². The number of nitrogens with one attached hydrogen (secondary N) is 2. The minimum absolute atomic E-state index is 0.397. The van der Waals surface area contributed by atoms with E-state index in [2.05, 4.69) is 5.32 Å². The fraction of sp³-hybridized carbons (Fsp3) is 0.222. The second-order valence-corrected chi connectivity index (χ2v) is 7.15. The van der Waals surface area contributed by atoms with Crippen LogP contribution in [-0.2, 0) is 4.79 Å². The normalized spacial score (nSPS) is 12.8. The smallest absolute Gasteiger partial charge is 0.267 e. The predicted molar refractivity (Wildman–Crippen MR) is 99.1 cm³/mol. The van der Waals surface area contributed by atoms with Gasteiger partial charge in [0.05, 0.1) is 0 Å². The van der Waals surface area contributed by atoms with Gasteiger partial charge >= 0.3 is 0 Å². The summed E-state index contributed by atoms with van der Waals surface area (Å²) in [6.45, 7) is 3.18. The molecule has 2 amide bonds. The molecule has 1 aromatic carbocycles. The van der Waals surface area contributed by atoms with E-state index in [1.807, 2.05) is 41.8 Å². The van der Waals surface area contributed by atoms with E-state index in [-0.39, 0.29) is 0 Å². The summed E-state index contributed by atoms with van der Waals surface area (Å²) in [5.74, 6) is -1.21. The summed E-state index contributed by atoms with van der Waals surface area (Å²) in [7, 11) is 0. The van der Waals surface area contributed by atoms with Crippen LogP contribution in [0.4, 0.5) is 0 Å². The maximum Gasteiger partial charge on any atom is 0.267 e. The van der Waals surface area contributed by atoms with Crippen LogP contribution in [0.15, 0.2) is 41.8 Å². The van der Waals surface area contributed by atoms with Gasteiger partial charge in [-0.25, -0.2) is 5.48 Å². The van der Waals surface area contributed by atoms with E-state index in [9.17, 15) is 9.59 Å². The first-order valence-corrected chi connectivity index (χ1v) is 8.54. The van der Waals surface area contributed by atoms with Gasteiger partial charge in [0.15, 0.2) is 0 Å². The zero-order chi connectivity index (χ0) is 18.4. The first-order chi connectivity index (χ1) is 11.8. The quantitative estimate of drug-likeness (QED) is 0.469. The highest BCUT2D eigenvalue weighted by Crippen LogP contribution is 2.14. The van der Waals surface area contributed by atoms with Crippen LogP contribution in [0.5, 0.6) is 0 Å². The maximum atomic E-state index is 12.3. The van der Waals surface area contributed by atoms with E-state index >= 15 is 0 Å². The minimum atomic E-state index is -1.07. The molecule has 0 fully saturated rings. The molecular weight excluding hydrogens is 338 g/mol. The van der Waals surface area contributed by atoms with Crippen LogP contribution in [0.25, 0.3) is 12.2 Å². The third-order valence-corrected chi connectivity index (χ3v) is 4.39. The topological polar surface area (TPSA) is 104 Å². The molecule has 0 saturated carbocycles. The molecule has 25 heavy (non-hydrogen) atoms. The van der Waals surface area contributed by atoms with Crippen molar-refractivity contribution in [2.24, 2.45) is 5.73 Å². The van der Waals surface area contributed by atoms with Crippen LogP contribution in [0.3, 0.4) is 0 Å². The second-order valence-electron chi connectivity index (χ2n) is 6.17. The molecule has 0 aliphatic heterocycles. The van der Waals surface area contributed by atoms with Crippen molar-refractivity contribution in [3.63, 3.8) is 0 Å². The van der Waals surface area contributed by atoms with Crippen LogP contribution in [0, 0.1) is 0 Å². The Morgan fingerprint density at radius 3 is 2.40 bits per heavy atom.